The van der Waals surface area contributed by atoms with E-state index in [0.717, 1.165) is 0 Å². The first-order valence-electron chi connectivity index (χ1n) is 9.27. The van der Waals surface area contributed by atoms with Crippen molar-refractivity contribution in [2.75, 3.05) is 6.61 Å². The van der Waals surface area contributed by atoms with Crippen LogP contribution < -0.4 is 10.1 Å². The number of aliphatic hydroxyl groups is 1. The van der Waals surface area contributed by atoms with Gasteiger partial charge in [-0.05, 0) is 53.2 Å². The number of aliphatic hydroxyl groups excluding tert-OH is 1. The lowest BCUT2D eigenvalue weighted by Gasteiger charge is -2.14. The van der Waals surface area contributed by atoms with Crippen molar-refractivity contribution in [3.63, 3.8) is 0 Å². The molecule has 1 unspecified atom stereocenters. The molecule has 0 radical (unpaired) electrons. The Morgan fingerprint density at radius 2 is 2.03 bits per heavy atom. The zero-order valence-corrected chi connectivity index (χ0v) is 17.4. The molecule has 0 aliphatic rings. The minimum absolute atomic E-state index is 0.0381. The van der Waals surface area contributed by atoms with Crippen molar-refractivity contribution in [3.05, 3.63) is 53.1 Å². The van der Waals surface area contributed by atoms with Crippen molar-refractivity contribution in [1.82, 2.24) is 25.5 Å². The van der Waals surface area contributed by atoms with E-state index in [1.54, 1.807) is 25.1 Å². The SMILES string of the molecule is CC(CO)NC(=O)Oc1cc(-c2ccc(F)cc2Cl)cc(-n2nnnc2C(C)C)c1. The Labute approximate surface area is 177 Å². The first-order chi connectivity index (χ1) is 14.3. The van der Waals surface area contributed by atoms with Gasteiger partial charge in [0, 0.05) is 17.5 Å². The first kappa shape index (κ1) is 21.7. The molecule has 1 atom stereocenters. The predicted octanol–water partition coefficient (Wildman–Crippen LogP) is 3.71. The molecule has 10 heteroatoms. The number of aromatic nitrogens is 4. The van der Waals surface area contributed by atoms with Crippen molar-refractivity contribution >= 4 is 17.7 Å². The second kappa shape index (κ2) is 9.19. The van der Waals surface area contributed by atoms with E-state index in [1.807, 2.05) is 13.8 Å². The lowest BCUT2D eigenvalue weighted by molar-refractivity contribution is 0.186. The summed E-state index contributed by atoms with van der Waals surface area (Å²) in [5.74, 6) is 0.393. The van der Waals surface area contributed by atoms with Crippen LogP contribution in [-0.2, 0) is 0 Å². The van der Waals surface area contributed by atoms with Crippen LogP contribution in [0.15, 0.2) is 36.4 Å². The number of hydrogen-bond donors (Lipinski definition) is 2. The Bertz CT molecular complexity index is 1060. The molecular weight excluding hydrogens is 413 g/mol. The Kier molecular flexibility index (Phi) is 6.63. The van der Waals surface area contributed by atoms with Gasteiger partial charge in [0.1, 0.15) is 11.6 Å². The maximum Gasteiger partial charge on any atom is 0.412 e. The number of ether oxygens (including phenoxy) is 1. The van der Waals surface area contributed by atoms with Crippen LogP contribution >= 0.6 is 11.6 Å². The number of nitrogens with one attached hydrogen (secondary N) is 1. The van der Waals surface area contributed by atoms with Gasteiger partial charge in [0.25, 0.3) is 0 Å². The van der Waals surface area contributed by atoms with E-state index in [0.29, 0.717) is 22.6 Å². The third-order valence-electron chi connectivity index (χ3n) is 4.24. The van der Waals surface area contributed by atoms with Gasteiger partial charge in [-0.15, -0.1) is 5.10 Å². The Morgan fingerprint density at radius 1 is 1.27 bits per heavy atom. The van der Waals surface area contributed by atoms with Gasteiger partial charge < -0.3 is 15.2 Å². The fourth-order valence-corrected chi connectivity index (χ4v) is 3.04. The molecule has 2 aromatic carbocycles. The number of benzene rings is 2. The molecule has 1 aromatic heterocycles. The summed E-state index contributed by atoms with van der Waals surface area (Å²) in [6.07, 6.45) is -0.731. The maximum absolute atomic E-state index is 13.5. The molecule has 2 N–H and O–H groups in total. The predicted molar refractivity (Wildman–Crippen MR) is 109 cm³/mol. The van der Waals surface area contributed by atoms with Gasteiger partial charge in [0.15, 0.2) is 5.82 Å². The second-order valence-corrected chi connectivity index (χ2v) is 7.47. The van der Waals surface area contributed by atoms with Gasteiger partial charge in [0.05, 0.1) is 23.4 Å². The molecule has 0 saturated carbocycles. The molecule has 8 nitrogen and oxygen atoms in total. The van der Waals surface area contributed by atoms with E-state index < -0.39 is 18.0 Å². The topological polar surface area (TPSA) is 102 Å². The van der Waals surface area contributed by atoms with E-state index in [-0.39, 0.29) is 23.3 Å². The Morgan fingerprint density at radius 3 is 2.70 bits per heavy atom. The largest absolute Gasteiger partial charge is 0.412 e. The van der Waals surface area contributed by atoms with Crippen molar-refractivity contribution in [3.8, 4) is 22.6 Å². The third-order valence-corrected chi connectivity index (χ3v) is 4.55. The summed E-state index contributed by atoms with van der Waals surface area (Å²) in [6, 6.07) is 8.53. The van der Waals surface area contributed by atoms with Crippen LogP contribution in [0.1, 0.15) is 32.5 Å². The minimum Gasteiger partial charge on any atom is -0.410 e. The highest BCUT2D eigenvalue weighted by Gasteiger charge is 2.17. The van der Waals surface area contributed by atoms with Crippen LogP contribution in [0.3, 0.4) is 0 Å². The lowest BCUT2D eigenvalue weighted by Crippen LogP contribution is -2.37. The summed E-state index contributed by atoms with van der Waals surface area (Å²) in [6.45, 7) is 5.30. The molecule has 1 amide bonds. The molecule has 30 heavy (non-hydrogen) atoms. The number of rotatable bonds is 6. The second-order valence-electron chi connectivity index (χ2n) is 7.06. The smallest absolute Gasteiger partial charge is 0.410 e. The number of tetrazole rings is 1. The first-order valence-corrected chi connectivity index (χ1v) is 9.64. The van der Waals surface area contributed by atoms with Crippen LogP contribution in [0.2, 0.25) is 5.02 Å². The number of halogens is 2. The molecule has 3 aromatic rings. The maximum atomic E-state index is 13.5. The molecule has 0 fully saturated rings. The zero-order valence-electron chi connectivity index (χ0n) is 16.6. The summed E-state index contributed by atoms with van der Waals surface area (Å²) in [7, 11) is 0. The number of carbonyl (C=O) groups is 1. The van der Waals surface area contributed by atoms with Crippen LogP contribution in [0.25, 0.3) is 16.8 Å². The number of nitrogens with zero attached hydrogens (tertiary/aromatic N) is 4. The average molecular weight is 434 g/mol. The summed E-state index contributed by atoms with van der Waals surface area (Å²) in [5.41, 5.74) is 1.67. The molecule has 0 aliphatic carbocycles. The molecule has 0 aliphatic heterocycles. The zero-order chi connectivity index (χ0) is 21.8. The summed E-state index contributed by atoms with van der Waals surface area (Å²) < 4.78 is 20.4. The minimum atomic E-state index is -0.731. The van der Waals surface area contributed by atoms with Gasteiger partial charge in [-0.2, -0.15) is 4.68 Å². The van der Waals surface area contributed by atoms with E-state index in [9.17, 15) is 9.18 Å². The van der Waals surface area contributed by atoms with E-state index in [1.165, 1.54) is 22.9 Å². The number of carbonyl (C=O) groups excluding carboxylic acids is 1. The molecule has 0 spiro atoms. The number of hydrogen-bond acceptors (Lipinski definition) is 6. The average Bonchev–Trinajstić information content (AvgIpc) is 3.17. The quantitative estimate of drug-likeness (QED) is 0.614. The van der Waals surface area contributed by atoms with Crippen molar-refractivity contribution in [2.45, 2.75) is 32.7 Å². The molecule has 1 heterocycles. The van der Waals surface area contributed by atoms with Crippen molar-refractivity contribution < 1.29 is 19.0 Å². The fourth-order valence-electron chi connectivity index (χ4n) is 2.76. The van der Waals surface area contributed by atoms with Crippen molar-refractivity contribution in [1.29, 1.82) is 0 Å². The summed E-state index contributed by atoms with van der Waals surface area (Å²) in [4.78, 5) is 12.1. The standard InChI is InChI=1S/C20H21ClFN5O3/c1-11(2)19-24-25-26-27(19)15-6-13(17-5-4-14(22)8-18(17)21)7-16(9-15)30-20(29)23-12(3)10-28/h4-9,11-12,28H,10H2,1-3H3,(H,23,29). The monoisotopic (exact) mass is 433 g/mol. The fraction of sp³-hybridized carbons (Fsp3) is 0.300. The molecule has 0 saturated heterocycles. The molecule has 0 bridgehead atoms. The Balaban J connectivity index is 2.08. The van der Waals surface area contributed by atoms with Gasteiger partial charge >= 0.3 is 6.09 Å². The number of amides is 1. The van der Waals surface area contributed by atoms with Gasteiger partial charge in [-0.3, -0.25) is 0 Å². The van der Waals surface area contributed by atoms with E-state index >= 15 is 0 Å². The normalized spacial score (nSPS) is 12.1. The lowest BCUT2D eigenvalue weighted by atomic mass is 10.0. The van der Waals surface area contributed by atoms with Gasteiger partial charge in [-0.1, -0.05) is 25.4 Å². The van der Waals surface area contributed by atoms with Crippen LogP contribution in [-0.4, -0.2) is 44.1 Å². The highest BCUT2D eigenvalue weighted by atomic mass is 35.5. The molecular formula is C20H21ClFN5O3. The van der Waals surface area contributed by atoms with E-state index in [2.05, 4.69) is 20.8 Å². The van der Waals surface area contributed by atoms with Crippen LogP contribution in [0.4, 0.5) is 9.18 Å². The molecule has 158 valence electrons. The van der Waals surface area contributed by atoms with Gasteiger partial charge in [0.2, 0.25) is 0 Å². The summed E-state index contributed by atoms with van der Waals surface area (Å²) >= 11 is 6.23. The molecule has 3 rings (SSSR count). The van der Waals surface area contributed by atoms with Crippen molar-refractivity contribution in [2.24, 2.45) is 0 Å². The summed E-state index contributed by atoms with van der Waals surface area (Å²) in [5, 5.41) is 23.6. The Hall–Kier alpha value is -3.04. The van der Waals surface area contributed by atoms with Crippen LogP contribution in [0.5, 0.6) is 5.75 Å². The highest BCUT2D eigenvalue weighted by Crippen LogP contribution is 2.33. The van der Waals surface area contributed by atoms with Crippen LogP contribution in [0, 0.1) is 5.82 Å². The van der Waals surface area contributed by atoms with E-state index in [4.69, 9.17) is 21.4 Å². The third kappa shape index (κ3) is 4.92. The van der Waals surface area contributed by atoms with Gasteiger partial charge in [-0.25, -0.2) is 9.18 Å². The highest BCUT2D eigenvalue weighted by molar-refractivity contribution is 6.33.